The topological polar surface area (TPSA) is 38.0 Å². The predicted molar refractivity (Wildman–Crippen MR) is 77.0 cm³/mol. The van der Waals surface area contributed by atoms with Gasteiger partial charge in [0.1, 0.15) is 0 Å². The molecule has 0 saturated heterocycles. The molecule has 0 fully saturated rings. The van der Waals surface area contributed by atoms with Gasteiger partial charge in [0.25, 0.3) is 0 Å². The van der Waals surface area contributed by atoms with E-state index in [1.165, 1.54) is 15.3 Å². The third-order valence-electron chi connectivity index (χ3n) is 2.69. The van der Waals surface area contributed by atoms with Crippen molar-refractivity contribution >= 4 is 27.3 Å². The highest BCUT2D eigenvalue weighted by Gasteiger charge is 2.13. The summed E-state index contributed by atoms with van der Waals surface area (Å²) in [5.74, 6) is 5.65. The SMILES string of the molecule is Cc1ccc(C(Cc2ccccc2Br)NN)s1. The van der Waals surface area contributed by atoms with Gasteiger partial charge in [-0.3, -0.25) is 11.3 Å². The van der Waals surface area contributed by atoms with Gasteiger partial charge < -0.3 is 0 Å². The number of halogens is 1. The number of hydrogen-bond acceptors (Lipinski definition) is 3. The zero-order chi connectivity index (χ0) is 12.3. The van der Waals surface area contributed by atoms with Crippen molar-refractivity contribution < 1.29 is 0 Å². The summed E-state index contributed by atoms with van der Waals surface area (Å²) in [5.41, 5.74) is 4.16. The van der Waals surface area contributed by atoms with E-state index in [9.17, 15) is 0 Å². The largest absolute Gasteiger partial charge is 0.271 e. The van der Waals surface area contributed by atoms with E-state index in [-0.39, 0.29) is 6.04 Å². The van der Waals surface area contributed by atoms with Crippen LogP contribution in [-0.2, 0) is 6.42 Å². The first kappa shape index (κ1) is 12.8. The van der Waals surface area contributed by atoms with Gasteiger partial charge in [-0.15, -0.1) is 11.3 Å². The zero-order valence-electron chi connectivity index (χ0n) is 9.61. The predicted octanol–water partition coefficient (Wildman–Crippen LogP) is 3.57. The lowest BCUT2D eigenvalue weighted by Gasteiger charge is -2.15. The van der Waals surface area contributed by atoms with E-state index >= 15 is 0 Å². The number of aryl methyl sites for hydroxylation is 1. The maximum Gasteiger partial charge on any atom is 0.0594 e. The van der Waals surface area contributed by atoms with Crippen molar-refractivity contribution in [1.82, 2.24) is 5.43 Å². The molecule has 1 unspecified atom stereocenters. The average Bonchev–Trinajstić information content (AvgIpc) is 2.75. The van der Waals surface area contributed by atoms with Crippen molar-refractivity contribution in [2.75, 3.05) is 0 Å². The summed E-state index contributed by atoms with van der Waals surface area (Å²) in [6, 6.07) is 12.7. The molecular weight excluding hydrogens is 296 g/mol. The van der Waals surface area contributed by atoms with Crippen LogP contribution in [0.4, 0.5) is 0 Å². The highest BCUT2D eigenvalue weighted by atomic mass is 79.9. The highest BCUT2D eigenvalue weighted by molar-refractivity contribution is 9.10. The van der Waals surface area contributed by atoms with Crippen LogP contribution in [0.15, 0.2) is 40.9 Å². The van der Waals surface area contributed by atoms with Gasteiger partial charge in [-0.2, -0.15) is 0 Å². The summed E-state index contributed by atoms with van der Waals surface area (Å²) in [6.45, 7) is 2.11. The monoisotopic (exact) mass is 310 g/mol. The summed E-state index contributed by atoms with van der Waals surface area (Å²) in [7, 11) is 0. The Hall–Kier alpha value is -0.680. The molecule has 0 aliphatic heterocycles. The Labute approximate surface area is 114 Å². The van der Waals surface area contributed by atoms with Crippen molar-refractivity contribution in [3.05, 3.63) is 56.2 Å². The standard InChI is InChI=1S/C13H15BrN2S/c1-9-6-7-13(17-9)12(16-15)8-10-4-2-3-5-11(10)14/h2-7,12,16H,8,15H2,1H3. The number of hydrazine groups is 1. The van der Waals surface area contributed by atoms with Gasteiger partial charge in [-0.1, -0.05) is 34.1 Å². The van der Waals surface area contributed by atoms with E-state index in [0.29, 0.717) is 0 Å². The quantitative estimate of drug-likeness (QED) is 0.669. The highest BCUT2D eigenvalue weighted by Crippen LogP contribution is 2.27. The second kappa shape index (κ2) is 5.78. The fourth-order valence-corrected chi connectivity index (χ4v) is 3.15. The van der Waals surface area contributed by atoms with Crippen LogP contribution < -0.4 is 11.3 Å². The lowest BCUT2D eigenvalue weighted by Crippen LogP contribution is -2.29. The van der Waals surface area contributed by atoms with Gasteiger partial charge in [-0.05, 0) is 37.1 Å². The summed E-state index contributed by atoms with van der Waals surface area (Å²) in [5, 5.41) is 0. The smallest absolute Gasteiger partial charge is 0.0594 e. The number of benzene rings is 1. The first-order valence-electron chi connectivity index (χ1n) is 5.46. The molecule has 2 aromatic rings. The van der Waals surface area contributed by atoms with Gasteiger partial charge in [0.15, 0.2) is 0 Å². The first-order chi connectivity index (χ1) is 8.20. The normalized spacial score (nSPS) is 12.6. The molecule has 0 aliphatic carbocycles. The third kappa shape index (κ3) is 3.16. The Morgan fingerprint density at radius 2 is 2.06 bits per heavy atom. The average molecular weight is 311 g/mol. The number of thiophene rings is 1. The molecule has 2 nitrogen and oxygen atoms in total. The first-order valence-corrected chi connectivity index (χ1v) is 7.07. The molecule has 2 rings (SSSR count). The van der Waals surface area contributed by atoms with E-state index in [2.05, 4.69) is 52.5 Å². The van der Waals surface area contributed by atoms with Crippen LogP contribution in [0.25, 0.3) is 0 Å². The van der Waals surface area contributed by atoms with E-state index in [0.717, 1.165) is 10.9 Å². The van der Waals surface area contributed by atoms with Crippen molar-refractivity contribution in [3.8, 4) is 0 Å². The molecule has 0 aliphatic rings. The molecule has 1 heterocycles. The summed E-state index contributed by atoms with van der Waals surface area (Å²) >= 11 is 5.35. The molecule has 1 aromatic carbocycles. The maximum absolute atomic E-state index is 5.65. The molecule has 1 aromatic heterocycles. The van der Waals surface area contributed by atoms with Gasteiger partial charge in [0.05, 0.1) is 6.04 Å². The Balaban J connectivity index is 2.18. The Morgan fingerprint density at radius 3 is 2.65 bits per heavy atom. The number of nitrogens with two attached hydrogens (primary N) is 1. The van der Waals surface area contributed by atoms with Crippen LogP contribution in [-0.4, -0.2) is 0 Å². The lowest BCUT2D eigenvalue weighted by atomic mass is 10.1. The Morgan fingerprint density at radius 1 is 1.29 bits per heavy atom. The molecular formula is C13H15BrN2S. The molecule has 0 saturated carbocycles. The van der Waals surface area contributed by atoms with Gasteiger partial charge in [-0.25, -0.2) is 0 Å². The van der Waals surface area contributed by atoms with Crippen molar-refractivity contribution in [2.24, 2.45) is 5.84 Å². The molecule has 0 bridgehead atoms. The van der Waals surface area contributed by atoms with Gasteiger partial charge >= 0.3 is 0 Å². The van der Waals surface area contributed by atoms with Gasteiger partial charge in [0, 0.05) is 14.2 Å². The molecule has 17 heavy (non-hydrogen) atoms. The van der Waals surface area contributed by atoms with Crippen LogP contribution in [0.1, 0.15) is 21.4 Å². The molecule has 0 amide bonds. The Kier molecular flexibility index (Phi) is 4.34. The van der Waals surface area contributed by atoms with Crippen LogP contribution in [0.2, 0.25) is 0 Å². The van der Waals surface area contributed by atoms with E-state index in [1.54, 1.807) is 11.3 Å². The number of rotatable bonds is 4. The minimum atomic E-state index is 0.174. The number of hydrogen-bond donors (Lipinski definition) is 2. The van der Waals surface area contributed by atoms with Crippen molar-refractivity contribution in [1.29, 1.82) is 0 Å². The van der Waals surface area contributed by atoms with Crippen LogP contribution in [0, 0.1) is 6.92 Å². The Bertz CT molecular complexity index is 496. The summed E-state index contributed by atoms with van der Waals surface area (Å²) in [6.07, 6.45) is 0.887. The second-order valence-corrected chi connectivity index (χ2v) is 6.14. The van der Waals surface area contributed by atoms with Crippen molar-refractivity contribution in [3.63, 3.8) is 0 Å². The summed E-state index contributed by atoms with van der Waals surface area (Å²) in [4.78, 5) is 2.59. The number of nitrogens with one attached hydrogen (secondary N) is 1. The fraction of sp³-hybridized carbons (Fsp3) is 0.231. The maximum atomic E-state index is 5.65. The zero-order valence-corrected chi connectivity index (χ0v) is 12.0. The van der Waals surface area contributed by atoms with E-state index < -0.39 is 0 Å². The molecule has 4 heteroatoms. The molecule has 0 spiro atoms. The molecule has 90 valence electrons. The molecule has 1 atom stereocenters. The molecule has 3 N–H and O–H groups in total. The second-order valence-electron chi connectivity index (χ2n) is 3.96. The van der Waals surface area contributed by atoms with Crippen LogP contribution in [0.5, 0.6) is 0 Å². The summed E-state index contributed by atoms with van der Waals surface area (Å²) < 4.78 is 1.13. The van der Waals surface area contributed by atoms with Crippen LogP contribution >= 0.6 is 27.3 Å². The van der Waals surface area contributed by atoms with Crippen LogP contribution in [0.3, 0.4) is 0 Å². The lowest BCUT2D eigenvalue weighted by molar-refractivity contribution is 0.560. The van der Waals surface area contributed by atoms with E-state index in [1.807, 2.05) is 12.1 Å². The third-order valence-corrected chi connectivity index (χ3v) is 4.58. The minimum Gasteiger partial charge on any atom is -0.271 e. The van der Waals surface area contributed by atoms with Gasteiger partial charge in [0.2, 0.25) is 0 Å². The fourth-order valence-electron chi connectivity index (χ4n) is 1.77. The molecule has 0 radical (unpaired) electrons. The minimum absolute atomic E-state index is 0.174. The van der Waals surface area contributed by atoms with E-state index in [4.69, 9.17) is 5.84 Å². The van der Waals surface area contributed by atoms with Crippen molar-refractivity contribution in [2.45, 2.75) is 19.4 Å².